The fourth-order valence-electron chi connectivity index (χ4n) is 2.09. The molecular weight excluding hydrogens is 263 g/mol. The summed E-state index contributed by atoms with van der Waals surface area (Å²) in [5.41, 5.74) is 9.32. The number of piperidine rings is 1. The predicted molar refractivity (Wildman–Crippen MR) is 70.4 cm³/mol. The van der Waals surface area contributed by atoms with Gasteiger partial charge >= 0.3 is 6.09 Å². The monoisotopic (exact) mass is 278 g/mol. The lowest BCUT2D eigenvalue weighted by Gasteiger charge is -2.33. The molecule has 0 bridgehead atoms. The van der Waals surface area contributed by atoms with E-state index in [1.807, 2.05) is 30.3 Å². The molecule has 1 aromatic carbocycles. The largest absolute Gasteiger partial charge is 0.445 e. The summed E-state index contributed by atoms with van der Waals surface area (Å²) in [6.07, 6.45) is -1.84. The van der Waals surface area contributed by atoms with Crippen LogP contribution in [0.4, 0.5) is 9.18 Å². The maximum Gasteiger partial charge on any atom is 0.410 e. The number of nitrogens with zero attached hydrogens (tertiary/aromatic N) is 4. The van der Waals surface area contributed by atoms with E-state index in [-0.39, 0.29) is 19.6 Å². The maximum atomic E-state index is 13.4. The maximum absolute atomic E-state index is 13.4. The minimum Gasteiger partial charge on any atom is -0.445 e. The zero-order valence-electron chi connectivity index (χ0n) is 10.9. The van der Waals surface area contributed by atoms with Gasteiger partial charge in [-0.3, -0.25) is 4.90 Å². The first-order chi connectivity index (χ1) is 9.70. The molecule has 2 atom stereocenters. The number of halogens is 1. The quantitative estimate of drug-likeness (QED) is 0.482. The van der Waals surface area contributed by atoms with Crippen LogP contribution in [0.3, 0.4) is 0 Å². The van der Waals surface area contributed by atoms with E-state index in [1.165, 1.54) is 0 Å². The molecule has 1 aromatic rings. The molecule has 0 spiro atoms. The number of carbonyl (C=O) groups is 1. The molecule has 106 valence electrons. The Hall–Kier alpha value is -2.27. The second-order valence-electron chi connectivity index (χ2n) is 4.55. The molecule has 0 aromatic heterocycles. The first kappa shape index (κ1) is 14.1. The van der Waals surface area contributed by atoms with Gasteiger partial charge in [-0.25, -0.2) is 9.18 Å². The molecule has 0 radical (unpaired) electrons. The second-order valence-corrected chi connectivity index (χ2v) is 4.55. The van der Waals surface area contributed by atoms with Gasteiger partial charge in [0.15, 0.2) is 0 Å². The second kappa shape index (κ2) is 6.77. The van der Waals surface area contributed by atoms with Crippen LogP contribution in [0.15, 0.2) is 35.4 Å². The van der Waals surface area contributed by atoms with E-state index in [0.29, 0.717) is 6.42 Å². The molecule has 1 aliphatic rings. The lowest BCUT2D eigenvalue weighted by molar-refractivity contribution is 0.0479. The van der Waals surface area contributed by atoms with Gasteiger partial charge < -0.3 is 4.74 Å². The average molecular weight is 278 g/mol. The van der Waals surface area contributed by atoms with Crippen molar-refractivity contribution in [1.29, 1.82) is 0 Å². The van der Waals surface area contributed by atoms with E-state index in [0.717, 1.165) is 10.5 Å². The summed E-state index contributed by atoms with van der Waals surface area (Å²) in [5, 5.41) is 3.51. The molecule has 7 heteroatoms. The van der Waals surface area contributed by atoms with Gasteiger partial charge in [0.1, 0.15) is 18.9 Å². The van der Waals surface area contributed by atoms with Crippen molar-refractivity contribution in [1.82, 2.24) is 4.90 Å². The van der Waals surface area contributed by atoms with Gasteiger partial charge in [0, 0.05) is 4.91 Å². The van der Waals surface area contributed by atoms with Crippen LogP contribution in [0.5, 0.6) is 0 Å². The number of hydrogen-bond donors (Lipinski definition) is 0. The molecule has 0 N–H and O–H groups in total. The lowest BCUT2D eigenvalue weighted by atomic mass is 10.1. The highest BCUT2D eigenvalue weighted by molar-refractivity contribution is 5.68. The molecule has 1 heterocycles. The van der Waals surface area contributed by atoms with Gasteiger partial charge in [-0.2, -0.15) is 0 Å². The summed E-state index contributed by atoms with van der Waals surface area (Å²) in [7, 11) is 0. The molecule has 0 aliphatic carbocycles. The Morgan fingerprint density at radius 1 is 1.45 bits per heavy atom. The summed E-state index contributed by atoms with van der Waals surface area (Å²) in [4.78, 5) is 15.8. The third-order valence-corrected chi connectivity index (χ3v) is 3.12. The molecule has 1 aliphatic heterocycles. The summed E-state index contributed by atoms with van der Waals surface area (Å²) < 4.78 is 18.5. The van der Waals surface area contributed by atoms with Crippen LogP contribution in [0, 0.1) is 0 Å². The first-order valence-electron chi connectivity index (χ1n) is 6.36. The lowest BCUT2D eigenvalue weighted by Crippen LogP contribution is -2.46. The van der Waals surface area contributed by atoms with Crippen molar-refractivity contribution in [3.63, 3.8) is 0 Å². The molecule has 1 amide bonds. The molecular formula is C13H15FN4O2. The van der Waals surface area contributed by atoms with Crippen LogP contribution in [-0.4, -0.2) is 29.9 Å². The molecule has 20 heavy (non-hydrogen) atoms. The van der Waals surface area contributed by atoms with Crippen molar-refractivity contribution in [3.05, 3.63) is 46.3 Å². The fraction of sp³-hybridized carbons (Fsp3) is 0.462. The Morgan fingerprint density at radius 2 is 2.20 bits per heavy atom. The number of likely N-dealkylation sites (tertiary alicyclic amines) is 1. The number of ether oxygens (including phenoxy) is 1. The van der Waals surface area contributed by atoms with Crippen LogP contribution in [0.2, 0.25) is 0 Å². The van der Waals surface area contributed by atoms with Crippen LogP contribution >= 0.6 is 0 Å². The van der Waals surface area contributed by atoms with Crippen molar-refractivity contribution in [2.45, 2.75) is 31.8 Å². The Bertz CT molecular complexity index is 504. The number of amides is 1. The zero-order chi connectivity index (χ0) is 14.4. The Labute approximate surface area is 115 Å². The van der Waals surface area contributed by atoms with Gasteiger partial charge in [0.2, 0.25) is 0 Å². The van der Waals surface area contributed by atoms with Crippen molar-refractivity contribution < 1.29 is 13.9 Å². The smallest absolute Gasteiger partial charge is 0.410 e. The van der Waals surface area contributed by atoms with Crippen molar-refractivity contribution in [3.8, 4) is 0 Å². The van der Waals surface area contributed by atoms with Gasteiger partial charge in [-0.05, 0) is 23.9 Å². The minimum absolute atomic E-state index is 0.0999. The molecule has 0 saturated carbocycles. The van der Waals surface area contributed by atoms with Crippen molar-refractivity contribution >= 4 is 6.09 Å². The van der Waals surface area contributed by atoms with E-state index in [9.17, 15) is 9.18 Å². The summed E-state index contributed by atoms with van der Waals surface area (Å²) in [6.45, 7) is 0.00736. The Kier molecular flexibility index (Phi) is 4.79. The molecule has 1 fully saturated rings. The molecule has 1 saturated heterocycles. The van der Waals surface area contributed by atoms with E-state index in [4.69, 9.17) is 10.3 Å². The third kappa shape index (κ3) is 3.61. The van der Waals surface area contributed by atoms with E-state index < -0.39 is 18.4 Å². The average Bonchev–Trinajstić information content (AvgIpc) is 2.48. The van der Waals surface area contributed by atoms with Crippen LogP contribution in [0.1, 0.15) is 18.4 Å². The minimum atomic E-state index is -1.11. The van der Waals surface area contributed by atoms with Gasteiger partial charge in [0.25, 0.3) is 0 Å². The number of alkyl halides is 1. The summed E-state index contributed by atoms with van der Waals surface area (Å²) in [6, 6.07) is 9.19. The van der Waals surface area contributed by atoms with Crippen molar-refractivity contribution in [2.24, 2.45) is 5.11 Å². The highest BCUT2D eigenvalue weighted by atomic mass is 19.1. The molecule has 6 nitrogen and oxygen atoms in total. The van der Waals surface area contributed by atoms with Crippen LogP contribution in [-0.2, 0) is 11.3 Å². The standard InChI is InChI=1S/C13H15FN4O2/c14-11-6-7-12(16-17-15)18(8-11)13(19)20-9-10-4-2-1-3-5-10/h1-5,11-12H,6-9H2. The van der Waals surface area contributed by atoms with E-state index in [2.05, 4.69) is 10.0 Å². The number of azide groups is 1. The van der Waals surface area contributed by atoms with Crippen LogP contribution < -0.4 is 0 Å². The highest BCUT2D eigenvalue weighted by Gasteiger charge is 2.32. The number of hydrogen-bond acceptors (Lipinski definition) is 3. The predicted octanol–water partition coefficient (Wildman–Crippen LogP) is 3.39. The van der Waals surface area contributed by atoms with Gasteiger partial charge in [-0.15, -0.1) is 0 Å². The van der Waals surface area contributed by atoms with E-state index >= 15 is 0 Å². The molecule has 2 unspecified atom stereocenters. The zero-order valence-corrected chi connectivity index (χ0v) is 10.9. The number of carbonyl (C=O) groups excluding carboxylic acids is 1. The number of rotatable bonds is 3. The van der Waals surface area contributed by atoms with Crippen molar-refractivity contribution in [2.75, 3.05) is 6.54 Å². The third-order valence-electron chi connectivity index (χ3n) is 3.12. The first-order valence-corrected chi connectivity index (χ1v) is 6.36. The SMILES string of the molecule is [N-]=[N+]=NC1CCC(F)CN1C(=O)OCc1ccccc1. The normalized spacial score (nSPS) is 21.9. The van der Waals surface area contributed by atoms with Crippen LogP contribution in [0.25, 0.3) is 10.4 Å². The van der Waals surface area contributed by atoms with Gasteiger partial charge in [0.05, 0.1) is 6.54 Å². The number of benzene rings is 1. The van der Waals surface area contributed by atoms with Gasteiger partial charge in [-0.1, -0.05) is 35.4 Å². The molecule has 2 rings (SSSR count). The Balaban J connectivity index is 1.96. The topological polar surface area (TPSA) is 78.3 Å². The summed E-state index contributed by atoms with van der Waals surface area (Å²) in [5.74, 6) is 0. The Morgan fingerprint density at radius 3 is 2.90 bits per heavy atom. The highest BCUT2D eigenvalue weighted by Crippen LogP contribution is 2.21. The fourth-order valence-corrected chi connectivity index (χ4v) is 2.09. The summed E-state index contributed by atoms with van der Waals surface area (Å²) >= 11 is 0. The van der Waals surface area contributed by atoms with E-state index in [1.54, 1.807) is 0 Å².